The Labute approximate surface area is 178 Å². The van der Waals surface area contributed by atoms with E-state index in [1.165, 1.54) is 26.0 Å². The third-order valence-corrected chi connectivity index (χ3v) is 4.49. The minimum Gasteiger partial charge on any atom is -0.391 e. The summed E-state index contributed by atoms with van der Waals surface area (Å²) in [6.45, 7) is 2.95. The molecule has 0 bridgehead atoms. The van der Waals surface area contributed by atoms with E-state index in [0.29, 0.717) is 0 Å². The average molecular weight is 451 g/mol. The molecule has 2 heterocycles. The number of amides is 1. The van der Waals surface area contributed by atoms with Crippen LogP contribution in [0.25, 0.3) is 16.9 Å². The van der Waals surface area contributed by atoms with E-state index in [-0.39, 0.29) is 16.9 Å². The summed E-state index contributed by atoms with van der Waals surface area (Å²) in [5.41, 5.74) is -1.45. The van der Waals surface area contributed by atoms with Gasteiger partial charge in [0.1, 0.15) is 11.4 Å². The monoisotopic (exact) mass is 451 g/mol. The zero-order valence-corrected chi connectivity index (χ0v) is 16.8. The number of carbonyl (C=O) groups excluding carboxylic acids is 1. The Morgan fingerprint density at radius 1 is 1.16 bits per heavy atom. The maximum Gasteiger partial charge on any atom is 0.451 e. The molecule has 8 nitrogen and oxygen atoms in total. The van der Waals surface area contributed by atoms with E-state index in [0.717, 1.165) is 35.3 Å². The van der Waals surface area contributed by atoms with E-state index in [4.69, 9.17) is 0 Å². The zero-order chi connectivity index (χ0) is 23.6. The molecule has 3 aromatic rings. The van der Waals surface area contributed by atoms with Gasteiger partial charge in [-0.25, -0.2) is 14.4 Å². The van der Waals surface area contributed by atoms with Crippen molar-refractivity contribution in [2.45, 2.75) is 32.2 Å². The lowest BCUT2D eigenvalue weighted by Crippen LogP contribution is -2.42. The number of rotatable bonds is 5. The number of alkyl halides is 3. The van der Waals surface area contributed by atoms with Gasteiger partial charge < -0.3 is 10.4 Å². The Morgan fingerprint density at radius 3 is 2.38 bits per heavy atom. The number of aliphatic hydroxyl groups is 1. The van der Waals surface area contributed by atoms with Gasteiger partial charge >= 0.3 is 6.18 Å². The first kappa shape index (κ1) is 23.0. The second-order valence-electron chi connectivity index (χ2n) is 6.94. The van der Waals surface area contributed by atoms with Crippen LogP contribution in [-0.2, 0) is 6.18 Å². The molecule has 0 aliphatic rings. The number of hydrogen-bond donors (Lipinski definition) is 2. The van der Waals surface area contributed by atoms with Crippen LogP contribution in [-0.4, -0.2) is 42.9 Å². The number of carbonyl (C=O) groups is 1. The summed E-state index contributed by atoms with van der Waals surface area (Å²) < 4.78 is 52.7. The quantitative estimate of drug-likeness (QED) is 0.577. The van der Waals surface area contributed by atoms with Crippen molar-refractivity contribution in [3.8, 4) is 16.9 Å². The SMILES string of the molecule is C[C@H](O)[C@H](C)NC(=O)c1cc(-c2cnc(C(F)(F)F)nc2)nn(-c2cccc(F)c2)c1=O. The van der Waals surface area contributed by atoms with Crippen LogP contribution in [0, 0.1) is 5.82 Å². The predicted octanol–water partition coefficient (Wildman–Crippen LogP) is 2.35. The number of aromatic nitrogens is 4. The molecule has 0 aliphatic heterocycles. The van der Waals surface area contributed by atoms with E-state index in [2.05, 4.69) is 20.4 Å². The zero-order valence-electron chi connectivity index (χ0n) is 16.8. The lowest BCUT2D eigenvalue weighted by Gasteiger charge is -2.17. The molecule has 32 heavy (non-hydrogen) atoms. The Hall–Kier alpha value is -3.67. The van der Waals surface area contributed by atoms with E-state index in [1.54, 1.807) is 0 Å². The number of nitrogens with one attached hydrogen (secondary N) is 1. The van der Waals surface area contributed by atoms with Crippen LogP contribution in [0.3, 0.4) is 0 Å². The standard InChI is InChI=1S/C20H17F4N5O3/c1-10(11(2)30)27-17(31)15-7-16(12-8-25-19(26-9-12)20(22,23)24)28-29(18(15)32)14-5-3-4-13(21)6-14/h3-11,30H,1-2H3,(H,27,31)/t10-,11-/m0/s1. The van der Waals surface area contributed by atoms with E-state index in [1.807, 2.05) is 0 Å². The van der Waals surface area contributed by atoms with E-state index < -0.39 is 47.0 Å². The predicted molar refractivity (Wildman–Crippen MR) is 104 cm³/mol. The highest BCUT2D eigenvalue weighted by atomic mass is 19.4. The fourth-order valence-corrected chi connectivity index (χ4v) is 2.59. The Balaban J connectivity index is 2.16. The fraction of sp³-hybridized carbons (Fsp3) is 0.250. The molecule has 12 heteroatoms. The lowest BCUT2D eigenvalue weighted by molar-refractivity contribution is -0.144. The number of benzene rings is 1. The first-order valence-electron chi connectivity index (χ1n) is 9.26. The van der Waals surface area contributed by atoms with Gasteiger partial charge in [-0.2, -0.15) is 23.0 Å². The summed E-state index contributed by atoms with van der Waals surface area (Å²) in [6, 6.07) is 5.18. The third kappa shape index (κ3) is 4.97. The Bertz CT molecular complexity index is 1190. The van der Waals surface area contributed by atoms with Gasteiger partial charge in [0.15, 0.2) is 0 Å². The topological polar surface area (TPSA) is 110 Å². The Kier molecular flexibility index (Phi) is 6.35. The summed E-state index contributed by atoms with van der Waals surface area (Å²) in [5, 5.41) is 16.1. The normalized spacial score (nSPS) is 13.5. The molecular formula is C20H17F4N5O3. The summed E-state index contributed by atoms with van der Waals surface area (Å²) in [4.78, 5) is 32.1. The molecule has 0 fully saturated rings. The molecule has 0 radical (unpaired) electrons. The van der Waals surface area contributed by atoms with Gasteiger partial charge in [0.05, 0.1) is 23.5 Å². The summed E-state index contributed by atoms with van der Waals surface area (Å²) in [5.74, 6) is -2.90. The van der Waals surface area contributed by atoms with Crippen molar-refractivity contribution in [1.29, 1.82) is 0 Å². The molecule has 3 rings (SSSR count). The highest BCUT2D eigenvalue weighted by Gasteiger charge is 2.34. The van der Waals surface area contributed by atoms with E-state index >= 15 is 0 Å². The van der Waals surface area contributed by atoms with Crippen molar-refractivity contribution < 1.29 is 27.5 Å². The molecule has 1 aromatic carbocycles. The van der Waals surface area contributed by atoms with Crippen LogP contribution in [0.4, 0.5) is 17.6 Å². The van der Waals surface area contributed by atoms with Crippen LogP contribution in [0.2, 0.25) is 0 Å². The van der Waals surface area contributed by atoms with E-state index in [9.17, 15) is 32.3 Å². The van der Waals surface area contributed by atoms with Gasteiger partial charge in [-0.1, -0.05) is 6.07 Å². The van der Waals surface area contributed by atoms with Crippen molar-refractivity contribution >= 4 is 5.91 Å². The van der Waals surface area contributed by atoms with Crippen LogP contribution in [0.5, 0.6) is 0 Å². The average Bonchev–Trinajstić information content (AvgIpc) is 2.73. The van der Waals surface area contributed by atoms with Crippen molar-refractivity contribution in [1.82, 2.24) is 25.1 Å². The van der Waals surface area contributed by atoms with Crippen molar-refractivity contribution in [2.24, 2.45) is 0 Å². The first-order valence-corrected chi connectivity index (χ1v) is 9.26. The summed E-state index contributed by atoms with van der Waals surface area (Å²) in [6.07, 6.45) is -3.99. The molecule has 0 spiro atoms. The molecule has 2 atom stereocenters. The van der Waals surface area contributed by atoms with Crippen LogP contribution < -0.4 is 10.9 Å². The van der Waals surface area contributed by atoms with Gasteiger partial charge in [0.2, 0.25) is 5.82 Å². The summed E-state index contributed by atoms with van der Waals surface area (Å²) >= 11 is 0. The number of aliphatic hydroxyl groups excluding tert-OH is 1. The maximum atomic E-state index is 13.7. The molecule has 0 aliphatic carbocycles. The van der Waals surface area contributed by atoms with Gasteiger partial charge in [-0.05, 0) is 38.1 Å². The maximum absolute atomic E-state index is 13.7. The van der Waals surface area contributed by atoms with Gasteiger partial charge in [0.25, 0.3) is 11.5 Å². The molecule has 0 unspecified atom stereocenters. The number of nitrogens with zero attached hydrogens (tertiary/aromatic N) is 4. The minimum atomic E-state index is -4.76. The largest absolute Gasteiger partial charge is 0.451 e. The lowest BCUT2D eigenvalue weighted by atomic mass is 10.1. The van der Waals surface area contributed by atoms with Crippen LogP contribution in [0.15, 0.2) is 47.5 Å². The van der Waals surface area contributed by atoms with Gasteiger partial charge in [0, 0.05) is 18.0 Å². The minimum absolute atomic E-state index is 0.0118. The second kappa shape index (κ2) is 8.83. The second-order valence-corrected chi connectivity index (χ2v) is 6.94. The van der Waals surface area contributed by atoms with Gasteiger partial charge in [-0.3, -0.25) is 9.59 Å². The highest BCUT2D eigenvalue weighted by Crippen LogP contribution is 2.26. The van der Waals surface area contributed by atoms with Crippen molar-refractivity contribution in [2.75, 3.05) is 0 Å². The first-order chi connectivity index (χ1) is 15.0. The Morgan fingerprint density at radius 2 is 1.81 bits per heavy atom. The van der Waals surface area contributed by atoms with Crippen molar-refractivity contribution in [3.63, 3.8) is 0 Å². The molecule has 0 saturated heterocycles. The van der Waals surface area contributed by atoms with Crippen molar-refractivity contribution in [3.05, 3.63) is 70.3 Å². The molecule has 0 saturated carbocycles. The molecular weight excluding hydrogens is 434 g/mol. The van der Waals surface area contributed by atoms with Crippen LogP contribution in [0.1, 0.15) is 30.0 Å². The third-order valence-electron chi connectivity index (χ3n) is 4.49. The number of halogens is 4. The van der Waals surface area contributed by atoms with Gasteiger partial charge in [-0.15, -0.1) is 0 Å². The van der Waals surface area contributed by atoms with Crippen LogP contribution >= 0.6 is 0 Å². The molecule has 1 amide bonds. The molecule has 2 aromatic heterocycles. The number of hydrogen-bond acceptors (Lipinski definition) is 6. The summed E-state index contributed by atoms with van der Waals surface area (Å²) in [7, 11) is 0. The highest BCUT2D eigenvalue weighted by molar-refractivity contribution is 5.95. The molecule has 168 valence electrons. The molecule has 2 N–H and O–H groups in total. The smallest absolute Gasteiger partial charge is 0.391 e. The fourth-order valence-electron chi connectivity index (χ4n) is 2.59.